The van der Waals surface area contributed by atoms with E-state index in [2.05, 4.69) is 11.1 Å². The third kappa shape index (κ3) is 3.57. The largest absolute Gasteiger partial charge is 0.366 e. The van der Waals surface area contributed by atoms with Crippen LogP contribution < -0.4 is 5.73 Å². The third-order valence-corrected chi connectivity index (χ3v) is 3.84. The van der Waals surface area contributed by atoms with Crippen molar-refractivity contribution >= 4 is 17.3 Å². The Morgan fingerprint density at radius 3 is 2.71 bits per heavy atom. The first kappa shape index (κ1) is 15.4. The van der Waals surface area contributed by atoms with Gasteiger partial charge in [0.25, 0.3) is 5.91 Å². The highest BCUT2D eigenvalue weighted by Gasteiger charge is 2.15. The van der Waals surface area contributed by atoms with Crippen LogP contribution in [0.3, 0.4) is 0 Å². The molecule has 112 valence electrons. The van der Waals surface area contributed by atoms with E-state index in [1.807, 2.05) is 13.8 Å². The minimum atomic E-state index is -0.645. The molecule has 1 aromatic carbocycles. The summed E-state index contributed by atoms with van der Waals surface area (Å²) in [5.41, 5.74) is 8.84. The Balaban J connectivity index is 2.51. The van der Waals surface area contributed by atoms with Gasteiger partial charge >= 0.3 is 0 Å². The second-order valence-corrected chi connectivity index (χ2v) is 5.35. The lowest BCUT2D eigenvalue weighted by atomic mass is 9.96. The molecule has 0 atom stereocenters. The van der Waals surface area contributed by atoms with E-state index in [4.69, 9.17) is 5.73 Å². The molecule has 1 aliphatic carbocycles. The summed E-state index contributed by atoms with van der Waals surface area (Å²) in [6.45, 7) is 3.85. The number of nitrogens with zero attached hydrogens (tertiary/aromatic N) is 1. The molecule has 0 heterocycles. The molecule has 4 heteroatoms. The number of aliphatic imine (C=N–C) groups is 1. The first-order valence-electron chi connectivity index (χ1n) is 7.39. The van der Waals surface area contributed by atoms with Crippen molar-refractivity contribution in [3.63, 3.8) is 0 Å². The predicted octanol–water partition coefficient (Wildman–Crippen LogP) is 4.08. The Morgan fingerprint density at radius 2 is 2.14 bits per heavy atom. The second kappa shape index (κ2) is 6.66. The molecule has 1 amide bonds. The van der Waals surface area contributed by atoms with Gasteiger partial charge < -0.3 is 5.73 Å². The summed E-state index contributed by atoms with van der Waals surface area (Å²) in [7, 11) is 0. The summed E-state index contributed by atoms with van der Waals surface area (Å²) in [5, 5.41) is 0. The fourth-order valence-corrected chi connectivity index (χ4v) is 2.65. The summed E-state index contributed by atoms with van der Waals surface area (Å²) >= 11 is 0. The molecule has 0 fully saturated rings. The van der Waals surface area contributed by atoms with Crippen molar-refractivity contribution in [1.82, 2.24) is 0 Å². The molecule has 2 N–H and O–H groups in total. The maximum atomic E-state index is 13.6. The number of nitrogens with two attached hydrogens (primary N) is 1. The summed E-state index contributed by atoms with van der Waals surface area (Å²) < 4.78 is 13.6. The fraction of sp³-hybridized carbons (Fsp3) is 0.412. The standard InChI is InChI=1S/C17H21FN2O/c1-3-12-9-14(18)10-15(17(19)21)16(12)20-11(2)13-7-5-4-6-8-13/h7,9-10H,3-6,8H2,1-2H3,(H2,19,21). The lowest BCUT2D eigenvalue weighted by Gasteiger charge is -2.14. The van der Waals surface area contributed by atoms with Crippen molar-refractivity contribution in [1.29, 1.82) is 0 Å². The fourth-order valence-electron chi connectivity index (χ4n) is 2.65. The molecule has 21 heavy (non-hydrogen) atoms. The van der Waals surface area contributed by atoms with Gasteiger partial charge in [-0.2, -0.15) is 0 Å². The van der Waals surface area contributed by atoms with Crippen molar-refractivity contribution in [3.05, 3.63) is 40.7 Å². The van der Waals surface area contributed by atoms with Crippen LogP contribution in [0.25, 0.3) is 0 Å². The first-order chi connectivity index (χ1) is 10.0. The van der Waals surface area contributed by atoms with E-state index in [0.29, 0.717) is 17.7 Å². The smallest absolute Gasteiger partial charge is 0.251 e. The molecule has 2 rings (SSSR count). The predicted molar refractivity (Wildman–Crippen MR) is 83.6 cm³/mol. The van der Waals surface area contributed by atoms with Gasteiger partial charge in [0.05, 0.1) is 11.3 Å². The number of allylic oxidation sites excluding steroid dienone is 2. The average molecular weight is 288 g/mol. The minimum absolute atomic E-state index is 0.155. The Bertz CT molecular complexity index is 617. The zero-order valence-corrected chi connectivity index (χ0v) is 12.6. The number of halogens is 1. The molecule has 0 saturated heterocycles. The first-order valence-corrected chi connectivity index (χ1v) is 7.39. The quantitative estimate of drug-likeness (QED) is 0.834. The van der Waals surface area contributed by atoms with Gasteiger partial charge in [-0.15, -0.1) is 0 Å². The van der Waals surface area contributed by atoms with Crippen molar-refractivity contribution in [2.24, 2.45) is 10.7 Å². The van der Waals surface area contributed by atoms with Crippen LogP contribution in [-0.4, -0.2) is 11.6 Å². The summed E-state index contributed by atoms with van der Waals surface area (Å²) in [6, 6.07) is 2.59. The molecule has 3 nitrogen and oxygen atoms in total. The summed E-state index contributed by atoms with van der Waals surface area (Å²) in [6.07, 6.45) is 7.23. The van der Waals surface area contributed by atoms with Crippen molar-refractivity contribution in [2.45, 2.75) is 46.0 Å². The van der Waals surface area contributed by atoms with Crippen LogP contribution in [0, 0.1) is 5.82 Å². The number of hydrogen-bond acceptors (Lipinski definition) is 2. The van der Waals surface area contributed by atoms with Crippen LogP contribution in [0.4, 0.5) is 10.1 Å². The molecule has 0 aliphatic heterocycles. The molecular weight excluding hydrogens is 267 g/mol. The van der Waals surface area contributed by atoms with E-state index in [0.717, 1.165) is 25.0 Å². The number of carbonyl (C=O) groups excluding carboxylic acids is 1. The zero-order chi connectivity index (χ0) is 15.4. The van der Waals surface area contributed by atoms with Crippen LogP contribution in [0.2, 0.25) is 0 Å². The topological polar surface area (TPSA) is 55.5 Å². The lowest BCUT2D eigenvalue weighted by molar-refractivity contribution is 0.100. The highest BCUT2D eigenvalue weighted by molar-refractivity contribution is 6.04. The van der Waals surface area contributed by atoms with Gasteiger partial charge in [-0.25, -0.2) is 4.39 Å². The molecule has 0 bridgehead atoms. The second-order valence-electron chi connectivity index (χ2n) is 5.35. The van der Waals surface area contributed by atoms with E-state index in [-0.39, 0.29) is 5.56 Å². The van der Waals surface area contributed by atoms with Gasteiger partial charge in [0.15, 0.2) is 0 Å². The van der Waals surface area contributed by atoms with Gasteiger partial charge in [-0.3, -0.25) is 9.79 Å². The van der Waals surface area contributed by atoms with Crippen molar-refractivity contribution in [2.75, 3.05) is 0 Å². The van der Waals surface area contributed by atoms with Crippen LogP contribution in [0.15, 0.2) is 28.8 Å². The molecule has 0 spiro atoms. The SMILES string of the molecule is CCc1cc(F)cc(C(N)=O)c1N=C(C)C1=CCCCC1. The number of primary amides is 1. The summed E-state index contributed by atoms with van der Waals surface area (Å²) in [5.74, 6) is -1.09. The van der Waals surface area contributed by atoms with Crippen LogP contribution in [0.1, 0.15) is 55.5 Å². The number of carbonyl (C=O) groups is 1. The summed E-state index contributed by atoms with van der Waals surface area (Å²) in [4.78, 5) is 16.2. The molecule has 0 radical (unpaired) electrons. The monoisotopic (exact) mass is 288 g/mol. The van der Waals surface area contributed by atoms with Crippen LogP contribution in [-0.2, 0) is 6.42 Å². The molecule has 1 aromatic rings. The van der Waals surface area contributed by atoms with Crippen LogP contribution in [0.5, 0.6) is 0 Å². The minimum Gasteiger partial charge on any atom is -0.366 e. The Labute approximate surface area is 124 Å². The van der Waals surface area contributed by atoms with Gasteiger partial charge in [0.2, 0.25) is 0 Å². The van der Waals surface area contributed by atoms with Gasteiger partial charge in [-0.1, -0.05) is 13.0 Å². The maximum Gasteiger partial charge on any atom is 0.251 e. The van der Waals surface area contributed by atoms with E-state index in [9.17, 15) is 9.18 Å². The van der Waals surface area contributed by atoms with Crippen molar-refractivity contribution < 1.29 is 9.18 Å². The maximum absolute atomic E-state index is 13.6. The van der Waals surface area contributed by atoms with E-state index < -0.39 is 11.7 Å². The number of amides is 1. The zero-order valence-electron chi connectivity index (χ0n) is 12.6. The van der Waals surface area contributed by atoms with Crippen molar-refractivity contribution in [3.8, 4) is 0 Å². The van der Waals surface area contributed by atoms with E-state index in [1.165, 1.54) is 24.1 Å². The van der Waals surface area contributed by atoms with Crippen LogP contribution >= 0.6 is 0 Å². The average Bonchev–Trinajstić information content (AvgIpc) is 2.49. The Kier molecular flexibility index (Phi) is 4.89. The number of rotatable bonds is 4. The normalized spacial score (nSPS) is 15.8. The molecule has 1 aliphatic rings. The molecule has 0 saturated carbocycles. The number of aryl methyl sites for hydroxylation is 1. The van der Waals surface area contributed by atoms with Gasteiger partial charge in [-0.05, 0) is 62.3 Å². The number of benzene rings is 1. The lowest BCUT2D eigenvalue weighted by Crippen LogP contribution is -2.13. The van der Waals surface area contributed by atoms with E-state index in [1.54, 1.807) is 0 Å². The highest BCUT2D eigenvalue weighted by atomic mass is 19.1. The van der Waals surface area contributed by atoms with Gasteiger partial charge in [0.1, 0.15) is 5.82 Å². The molecule has 0 aromatic heterocycles. The molecular formula is C17H21FN2O. The van der Waals surface area contributed by atoms with Gasteiger partial charge in [0, 0.05) is 5.71 Å². The third-order valence-electron chi connectivity index (χ3n) is 3.84. The Morgan fingerprint density at radius 1 is 1.38 bits per heavy atom. The van der Waals surface area contributed by atoms with E-state index >= 15 is 0 Å². The Hall–Kier alpha value is -1.97. The highest BCUT2D eigenvalue weighted by Crippen LogP contribution is 2.29. The molecule has 0 unspecified atom stereocenters. The number of hydrogen-bond donors (Lipinski definition) is 1.